The summed E-state index contributed by atoms with van der Waals surface area (Å²) < 4.78 is 45.5. The lowest BCUT2D eigenvalue weighted by molar-refractivity contribution is 0.122. The van der Waals surface area contributed by atoms with Crippen LogP contribution in [0.25, 0.3) is 22.2 Å². The van der Waals surface area contributed by atoms with Crippen molar-refractivity contribution < 1.29 is 17.5 Å². The molecule has 0 unspecified atom stereocenters. The highest BCUT2D eigenvalue weighted by molar-refractivity contribution is 7.90. The highest BCUT2D eigenvalue weighted by Gasteiger charge is 2.21. The molecule has 0 atom stereocenters. The predicted molar refractivity (Wildman–Crippen MR) is 136 cm³/mol. The van der Waals surface area contributed by atoms with Crippen LogP contribution in [0.1, 0.15) is 5.56 Å². The lowest BCUT2D eigenvalue weighted by Gasteiger charge is -2.28. The summed E-state index contributed by atoms with van der Waals surface area (Å²) in [5.74, 6) is -0.416. The number of anilines is 3. The van der Waals surface area contributed by atoms with Gasteiger partial charge in [0.05, 0.1) is 64.2 Å². The molecule has 0 saturated carbocycles. The summed E-state index contributed by atoms with van der Waals surface area (Å²) in [6.07, 6.45) is 4.65. The van der Waals surface area contributed by atoms with E-state index in [1.165, 1.54) is 12.3 Å². The minimum atomic E-state index is -3.51. The second-order valence-corrected chi connectivity index (χ2v) is 10.5. The molecular weight excluding hydrogens is 467 g/mol. The molecule has 0 amide bonds. The SMILES string of the molecule is Cc1c(-c2ccccc2S(C)(=O)=O)nc2cccc(F)c2c1Nc1cncc(N2CCOCC2)c1. The van der Waals surface area contributed by atoms with Crippen molar-refractivity contribution in [1.82, 2.24) is 9.97 Å². The van der Waals surface area contributed by atoms with Crippen LogP contribution in [0.4, 0.5) is 21.5 Å². The van der Waals surface area contributed by atoms with Gasteiger partial charge in [-0.05, 0) is 36.8 Å². The van der Waals surface area contributed by atoms with Crippen molar-refractivity contribution in [3.63, 3.8) is 0 Å². The van der Waals surface area contributed by atoms with Crippen LogP contribution >= 0.6 is 0 Å². The van der Waals surface area contributed by atoms with Crippen molar-refractivity contribution in [2.24, 2.45) is 0 Å². The molecule has 1 aliphatic rings. The monoisotopic (exact) mass is 492 g/mol. The fourth-order valence-corrected chi connectivity index (χ4v) is 5.29. The lowest BCUT2D eigenvalue weighted by atomic mass is 10.0. The van der Waals surface area contributed by atoms with Crippen LogP contribution in [0.3, 0.4) is 0 Å². The van der Waals surface area contributed by atoms with Crippen LogP contribution in [0, 0.1) is 12.7 Å². The van der Waals surface area contributed by atoms with Crippen molar-refractivity contribution in [3.8, 4) is 11.3 Å². The second kappa shape index (κ2) is 9.24. The number of aromatic nitrogens is 2. The normalized spacial score (nSPS) is 14.3. The number of rotatable bonds is 5. The molecule has 35 heavy (non-hydrogen) atoms. The van der Waals surface area contributed by atoms with E-state index in [9.17, 15) is 8.42 Å². The van der Waals surface area contributed by atoms with Crippen molar-refractivity contribution in [1.29, 1.82) is 0 Å². The average Bonchev–Trinajstić information content (AvgIpc) is 2.86. The number of benzene rings is 2. The Bertz CT molecular complexity index is 1520. The molecule has 1 aliphatic heterocycles. The topological polar surface area (TPSA) is 84.4 Å². The fourth-order valence-electron chi connectivity index (χ4n) is 4.40. The van der Waals surface area contributed by atoms with Gasteiger partial charge in [0.1, 0.15) is 5.82 Å². The zero-order valence-corrected chi connectivity index (χ0v) is 20.3. The van der Waals surface area contributed by atoms with Gasteiger partial charge in [-0.3, -0.25) is 4.98 Å². The second-order valence-electron chi connectivity index (χ2n) is 8.52. The smallest absolute Gasteiger partial charge is 0.176 e. The molecule has 0 bridgehead atoms. The summed E-state index contributed by atoms with van der Waals surface area (Å²) >= 11 is 0. The molecule has 4 aromatic rings. The van der Waals surface area contributed by atoms with Gasteiger partial charge >= 0.3 is 0 Å². The van der Waals surface area contributed by atoms with Crippen molar-refractivity contribution in [3.05, 3.63) is 72.3 Å². The van der Waals surface area contributed by atoms with Crippen LogP contribution in [-0.2, 0) is 14.6 Å². The number of halogens is 1. The molecule has 180 valence electrons. The van der Waals surface area contributed by atoms with E-state index < -0.39 is 15.7 Å². The van der Waals surface area contributed by atoms with E-state index in [-0.39, 0.29) is 4.90 Å². The highest BCUT2D eigenvalue weighted by Crippen LogP contribution is 2.38. The minimum Gasteiger partial charge on any atom is -0.378 e. The first-order valence-electron chi connectivity index (χ1n) is 11.3. The Hall–Kier alpha value is -3.56. The first-order valence-corrected chi connectivity index (χ1v) is 13.1. The summed E-state index contributed by atoms with van der Waals surface area (Å²) in [5.41, 5.74) is 4.16. The van der Waals surface area contributed by atoms with Gasteiger partial charge in [0, 0.05) is 24.9 Å². The van der Waals surface area contributed by atoms with E-state index in [1.807, 2.05) is 13.0 Å². The molecule has 0 spiro atoms. The van der Waals surface area contributed by atoms with Gasteiger partial charge in [0.2, 0.25) is 0 Å². The zero-order chi connectivity index (χ0) is 24.6. The molecule has 7 nitrogen and oxygen atoms in total. The molecular formula is C26H25FN4O3S. The van der Waals surface area contributed by atoms with Gasteiger partial charge in [-0.1, -0.05) is 24.3 Å². The van der Waals surface area contributed by atoms with E-state index >= 15 is 4.39 Å². The Kier molecular flexibility index (Phi) is 6.12. The Labute approximate surface area is 203 Å². The summed E-state index contributed by atoms with van der Waals surface area (Å²) in [6.45, 7) is 4.65. The third kappa shape index (κ3) is 4.56. The molecule has 0 radical (unpaired) electrons. The molecule has 2 aromatic heterocycles. The van der Waals surface area contributed by atoms with Crippen molar-refractivity contribution in [2.75, 3.05) is 42.8 Å². The molecule has 3 heterocycles. The van der Waals surface area contributed by atoms with E-state index in [0.29, 0.717) is 52.3 Å². The summed E-state index contributed by atoms with van der Waals surface area (Å²) in [7, 11) is -3.51. The Morgan fingerprint density at radius 1 is 1.06 bits per heavy atom. The molecule has 2 aromatic carbocycles. The summed E-state index contributed by atoms with van der Waals surface area (Å²) in [4.78, 5) is 11.4. The van der Waals surface area contributed by atoms with Gasteiger partial charge in [0.25, 0.3) is 0 Å². The number of morpholine rings is 1. The van der Waals surface area contributed by atoms with E-state index in [4.69, 9.17) is 9.72 Å². The maximum absolute atomic E-state index is 15.1. The summed E-state index contributed by atoms with van der Waals surface area (Å²) in [5, 5.41) is 3.69. The minimum absolute atomic E-state index is 0.174. The van der Waals surface area contributed by atoms with Gasteiger partial charge < -0.3 is 15.0 Å². The Balaban J connectivity index is 1.67. The highest BCUT2D eigenvalue weighted by atomic mass is 32.2. The molecule has 1 saturated heterocycles. The maximum atomic E-state index is 15.1. The number of hydrogen-bond acceptors (Lipinski definition) is 7. The molecule has 0 aliphatic carbocycles. The molecule has 1 N–H and O–H groups in total. The molecule has 5 rings (SSSR count). The van der Waals surface area contributed by atoms with E-state index in [0.717, 1.165) is 18.8 Å². The van der Waals surface area contributed by atoms with Crippen LogP contribution in [0.2, 0.25) is 0 Å². The number of nitrogens with zero attached hydrogens (tertiary/aromatic N) is 3. The number of sulfone groups is 1. The number of fused-ring (bicyclic) bond motifs is 1. The first kappa shape index (κ1) is 23.2. The average molecular weight is 493 g/mol. The van der Waals surface area contributed by atoms with Gasteiger partial charge in [-0.15, -0.1) is 0 Å². The third-order valence-electron chi connectivity index (χ3n) is 6.12. The van der Waals surface area contributed by atoms with Gasteiger partial charge in [-0.2, -0.15) is 0 Å². The lowest BCUT2D eigenvalue weighted by Crippen LogP contribution is -2.36. The van der Waals surface area contributed by atoms with Gasteiger partial charge in [0.15, 0.2) is 9.84 Å². The van der Waals surface area contributed by atoms with Gasteiger partial charge in [-0.25, -0.2) is 17.8 Å². The zero-order valence-electron chi connectivity index (χ0n) is 19.5. The standard InChI is InChI=1S/C26H25FN4O3S/c1-17-25(20-6-3-4-9-23(20)35(2,32)33)30-22-8-5-7-21(27)24(22)26(17)29-18-14-19(16-28-15-18)31-10-12-34-13-11-31/h3-9,14-16H,10-13H2,1-2H3,(H,29,30). The number of pyridine rings is 2. The predicted octanol–water partition coefficient (Wildman–Crippen LogP) is 4.73. The van der Waals surface area contributed by atoms with Crippen LogP contribution in [0.5, 0.6) is 0 Å². The molecule has 1 fully saturated rings. The Morgan fingerprint density at radius 2 is 1.83 bits per heavy atom. The number of ether oxygens (including phenoxy) is 1. The van der Waals surface area contributed by atoms with E-state index in [1.54, 1.807) is 48.8 Å². The van der Waals surface area contributed by atoms with Crippen LogP contribution < -0.4 is 10.2 Å². The quantitative estimate of drug-likeness (QED) is 0.431. The van der Waals surface area contributed by atoms with E-state index in [2.05, 4.69) is 15.2 Å². The first-order chi connectivity index (χ1) is 16.8. The third-order valence-corrected chi connectivity index (χ3v) is 7.27. The van der Waals surface area contributed by atoms with Crippen molar-refractivity contribution in [2.45, 2.75) is 11.8 Å². The largest absolute Gasteiger partial charge is 0.378 e. The van der Waals surface area contributed by atoms with Crippen LogP contribution in [-0.4, -0.2) is 50.9 Å². The Morgan fingerprint density at radius 3 is 2.60 bits per heavy atom. The molecule has 9 heteroatoms. The number of hydrogen-bond donors (Lipinski definition) is 1. The number of nitrogens with one attached hydrogen (secondary N) is 1. The van der Waals surface area contributed by atoms with Crippen molar-refractivity contribution >= 4 is 37.8 Å². The van der Waals surface area contributed by atoms with Crippen LogP contribution in [0.15, 0.2) is 65.8 Å². The summed E-state index contributed by atoms with van der Waals surface area (Å²) in [6, 6.07) is 13.4. The maximum Gasteiger partial charge on any atom is 0.176 e. The fraction of sp³-hybridized carbons (Fsp3) is 0.231.